The quantitative estimate of drug-likeness (QED) is 0.764. The summed E-state index contributed by atoms with van der Waals surface area (Å²) in [7, 11) is 0. The molecular weight excluding hydrogens is 241 g/mol. The van der Waals surface area contributed by atoms with Gasteiger partial charge in [0.15, 0.2) is 5.75 Å². The summed E-state index contributed by atoms with van der Waals surface area (Å²) in [6, 6.07) is 5.98. The maximum Gasteiger partial charge on any atom is 0.156 e. The third-order valence-corrected chi connectivity index (χ3v) is 2.26. The highest BCUT2D eigenvalue weighted by molar-refractivity contribution is 9.10. The highest BCUT2D eigenvalue weighted by Crippen LogP contribution is 2.34. The minimum Gasteiger partial charge on any atom is -0.488 e. The molecule has 0 saturated heterocycles. The molecule has 0 aromatic heterocycles. The molecule has 2 rings (SSSR count). The minimum absolute atomic E-state index is 0. The topological polar surface area (TPSA) is 21.3 Å². The van der Waals surface area contributed by atoms with Gasteiger partial charge in [0, 0.05) is 6.54 Å². The lowest BCUT2D eigenvalue weighted by Gasteiger charge is -2.19. The monoisotopic (exact) mass is 249 g/mol. The van der Waals surface area contributed by atoms with E-state index in [0.29, 0.717) is 0 Å². The van der Waals surface area contributed by atoms with E-state index in [9.17, 15) is 0 Å². The molecule has 0 radical (unpaired) electrons. The van der Waals surface area contributed by atoms with Crippen LogP contribution in [0.15, 0.2) is 22.7 Å². The van der Waals surface area contributed by atoms with Gasteiger partial charge in [-0.25, -0.2) is 0 Å². The van der Waals surface area contributed by atoms with Crippen LogP contribution in [0, 0.1) is 0 Å². The zero-order valence-corrected chi connectivity index (χ0v) is 8.74. The van der Waals surface area contributed by atoms with Gasteiger partial charge in [-0.3, -0.25) is 0 Å². The van der Waals surface area contributed by atoms with Gasteiger partial charge in [-0.2, -0.15) is 0 Å². The fraction of sp³-hybridized carbons (Fsp3) is 0.250. The van der Waals surface area contributed by atoms with Crippen LogP contribution in [-0.4, -0.2) is 13.2 Å². The Kier molecular flexibility index (Phi) is 3.23. The maximum absolute atomic E-state index is 5.44. The number of fused-ring (bicyclic) bond motifs is 1. The number of hydrogen-bond donors (Lipinski definition) is 1. The number of hydrogen-bond acceptors (Lipinski definition) is 2. The van der Waals surface area contributed by atoms with Gasteiger partial charge in [-0.15, -0.1) is 12.4 Å². The summed E-state index contributed by atoms with van der Waals surface area (Å²) in [5.41, 5.74) is 1.07. The first kappa shape index (κ1) is 9.68. The second-order valence-electron chi connectivity index (χ2n) is 2.39. The van der Waals surface area contributed by atoms with Crippen LogP contribution in [-0.2, 0) is 0 Å². The van der Waals surface area contributed by atoms with Crippen molar-refractivity contribution in [3.05, 3.63) is 22.7 Å². The highest BCUT2D eigenvalue weighted by atomic mass is 79.9. The molecule has 1 aliphatic heterocycles. The SMILES string of the molecule is Brc1cccc2c1OCCN2.Cl. The fourth-order valence-corrected chi connectivity index (χ4v) is 1.61. The van der Waals surface area contributed by atoms with Crippen molar-refractivity contribution in [2.45, 2.75) is 0 Å². The molecule has 66 valence electrons. The first-order valence-corrected chi connectivity index (χ1v) is 4.32. The van der Waals surface area contributed by atoms with Gasteiger partial charge in [0.2, 0.25) is 0 Å². The predicted octanol–water partition coefficient (Wildman–Crippen LogP) is 2.68. The summed E-state index contributed by atoms with van der Waals surface area (Å²) >= 11 is 3.42. The minimum atomic E-state index is 0. The fourth-order valence-electron chi connectivity index (χ4n) is 1.13. The summed E-state index contributed by atoms with van der Waals surface area (Å²) in [5, 5.41) is 3.25. The number of benzene rings is 1. The van der Waals surface area contributed by atoms with Gasteiger partial charge in [0.25, 0.3) is 0 Å². The molecule has 0 atom stereocenters. The zero-order valence-electron chi connectivity index (χ0n) is 6.34. The van der Waals surface area contributed by atoms with E-state index in [1.165, 1.54) is 0 Å². The van der Waals surface area contributed by atoms with Crippen molar-refractivity contribution in [2.24, 2.45) is 0 Å². The Labute approximate surface area is 85.8 Å². The summed E-state index contributed by atoms with van der Waals surface area (Å²) in [6.45, 7) is 1.64. The van der Waals surface area contributed by atoms with Gasteiger partial charge in [0.1, 0.15) is 6.61 Å². The van der Waals surface area contributed by atoms with Crippen molar-refractivity contribution in [3.8, 4) is 5.75 Å². The van der Waals surface area contributed by atoms with Crippen molar-refractivity contribution in [2.75, 3.05) is 18.5 Å². The largest absolute Gasteiger partial charge is 0.488 e. The van der Waals surface area contributed by atoms with Gasteiger partial charge < -0.3 is 10.1 Å². The van der Waals surface area contributed by atoms with Gasteiger partial charge in [-0.05, 0) is 28.1 Å². The molecule has 0 spiro atoms. The Balaban J connectivity index is 0.000000720. The molecule has 0 unspecified atom stereocenters. The molecule has 0 bridgehead atoms. The Morgan fingerprint density at radius 3 is 3.00 bits per heavy atom. The average Bonchev–Trinajstić information content (AvgIpc) is 2.06. The van der Waals surface area contributed by atoms with E-state index in [0.717, 1.165) is 29.1 Å². The molecule has 1 aromatic carbocycles. The number of halogens is 2. The van der Waals surface area contributed by atoms with E-state index in [1.54, 1.807) is 0 Å². The number of nitrogens with one attached hydrogen (secondary N) is 1. The van der Waals surface area contributed by atoms with Crippen LogP contribution in [0.5, 0.6) is 5.75 Å². The van der Waals surface area contributed by atoms with Crippen LogP contribution >= 0.6 is 28.3 Å². The van der Waals surface area contributed by atoms with Gasteiger partial charge >= 0.3 is 0 Å². The van der Waals surface area contributed by atoms with Crippen LogP contribution in [0.4, 0.5) is 5.69 Å². The van der Waals surface area contributed by atoms with E-state index in [2.05, 4.69) is 21.2 Å². The van der Waals surface area contributed by atoms with Gasteiger partial charge in [0.05, 0.1) is 10.2 Å². The van der Waals surface area contributed by atoms with Crippen LogP contribution in [0.1, 0.15) is 0 Å². The molecule has 1 heterocycles. The van der Waals surface area contributed by atoms with Crippen molar-refractivity contribution >= 4 is 34.0 Å². The second-order valence-corrected chi connectivity index (χ2v) is 3.25. The second kappa shape index (κ2) is 4.01. The molecule has 0 fully saturated rings. The number of anilines is 1. The Morgan fingerprint density at radius 1 is 1.42 bits per heavy atom. The lowest BCUT2D eigenvalue weighted by molar-refractivity contribution is 0.321. The van der Waals surface area contributed by atoms with E-state index in [4.69, 9.17) is 4.74 Å². The van der Waals surface area contributed by atoms with Crippen LogP contribution < -0.4 is 10.1 Å². The Morgan fingerprint density at radius 2 is 2.25 bits per heavy atom. The normalized spacial score (nSPS) is 13.4. The molecule has 0 aliphatic carbocycles. The van der Waals surface area contributed by atoms with Crippen molar-refractivity contribution < 1.29 is 4.74 Å². The van der Waals surface area contributed by atoms with Crippen LogP contribution in [0.2, 0.25) is 0 Å². The number of ether oxygens (including phenoxy) is 1. The Bertz CT molecular complexity index is 280. The van der Waals surface area contributed by atoms with Crippen molar-refractivity contribution in [1.82, 2.24) is 0 Å². The summed E-state index contributed by atoms with van der Waals surface area (Å²) < 4.78 is 6.46. The molecule has 4 heteroatoms. The van der Waals surface area contributed by atoms with Crippen molar-refractivity contribution in [3.63, 3.8) is 0 Å². The summed E-state index contributed by atoms with van der Waals surface area (Å²) in [4.78, 5) is 0. The van der Waals surface area contributed by atoms with E-state index in [1.807, 2.05) is 18.2 Å². The molecule has 0 saturated carbocycles. The summed E-state index contributed by atoms with van der Waals surface area (Å²) in [6.07, 6.45) is 0. The van der Waals surface area contributed by atoms with E-state index >= 15 is 0 Å². The number of rotatable bonds is 0. The Hall–Kier alpha value is -0.410. The molecule has 2 nitrogen and oxygen atoms in total. The lowest BCUT2D eigenvalue weighted by Crippen LogP contribution is -2.18. The summed E-state index contributed by atoms with van der Waals surface area (Å²) in [5.74, 6) is 0.929. The highest BCUT2D eigenvalue weighted by Gasteiger charge is 2.10. The first-order chi connectivity index (χ1) is 5.38. The maximum atomic E-state index is 5.44. The molecule has 1 aromatic rings. The molecule has 12 heavy (non-hydrogen) atoms. The van der Waals surface area contributed by atoms with Gasteiger partial charge in [-0.1, -0.05) is 6.07 Å². The molecular formula is C8H9BrClNO. The van der Waals surface area contributed by atoms with Crippen LogP contribution in [0.25, 0.3) is 0 Å². The number of para-hydroxylation sites is 1. The standard InChI is InChI=1S/C8H8BrNO.ClH/c9-6-2-1-3-7-8(6)11-5-4-10-7;/h1-3,10H,4-5H2;1H. The zero-order chi connectivity index (χ0) is 7.68. The third kappa shape index (κ3) is 1.67. The lowest BCUT2D eigenvalue weighted by atomic mass is 10.2. The predicted molar refractivity (Wildman–Crippen MR) is 55.4 cm³/mol. The van der Waals surface area contributed by atoms with E-state index in [-0.39, 0.29) is 12.4 Å². The van der Waals surface area contributed by atoms with Crippen molar-refractivity contribution in [1.29, 1.82) is 0 Å². The first-order valence-electron chi connectivity index (χ1n) is 3.53. The third-order valence-electron chi connectivity index (χ3n) is 1.63. The molecule has 1 aliphatic rings. The molecule has 0 amide bonds. The van der Waals surface area contributed by atoms with E-state index < -0.39 is 0 Å². The van der Waals surface area contributed by atoms with Crippen LogP contribution in [0.3, 0.4) is 0 Å². The smallest absolute Gasteiger partial charge is 0.156 e. The molecule has 1 N–H and O–H groups in total. The average molecular weight is 251 g/mol.